The highest BCUT2D eigenvalue weighted by Crippen LogP contribution is 2.31. The maximum Gasteiger partial charge on any atom is 0.335 e. The molecule has 0 fully saturated rings. The Hall–Kier alpha value is -2.90. The van der Waals surface area contributed by atoms with E-state index in [4.69, 9.17) is 14.9 Å². The smallest absolute Gasteiger partial charge is 0.335 e. The first kappa shape index (κ1) is 17.9. The fourth-order valence-electron chi connectivity index (χ4n) is 2.89. The molecule has 1 atom stereocenters. The minimum atomic E-state index is -0.984. The number of ether oxygens (including phenoxy) is 1. The van der Waals surface area contributed by atoms with Crippen molar-refractivity contribution in [3.8, 4) is 17.1 Å². The first-order valence-electron chi connectivity index (χ1n) is 8.15. The number of aliphatic hydroxyl groups is 2. The number of fused-ring (bicyclic) bond motifs is 1. The molecule has 0 bridgehead atoms. The maximum absolute atomic E-state index is 11.1. The van der Waals surface area contributed by atoms with Gasteiger partial charge in [-0.1, -0.05) is 0 Å². The molecule has 0 spiro atoms. The molecule has 0 aliphatic carbocycles. The number of aromatic amines is 1. The first-order chi connectivity index (χ1) is 12.4. The van der Waals surface area contributed by atoms with Crippen LogP contribution in [0.15, 0.2) is 30.3 Å². The molecule has 0 aliphatic rings. The summed E-state index contributed by atoms with van der Waals surface area (Å²) < 4.78 is 5.51. The number of aryl methyl sites for hydroxylation is 2. The van der Waals surface area contributed by atoms with E-state index in [9.17, 15) is 9.90 Å². The number of benzene rings is 2. The Kier molecular flexibility index (Phi) is 4.92. The maximum atomic E-state index is 11.1. The molecule has 1 aromatic heterocycles. The summed E-state index contributed by atoms with van der Waals surface area (Å²) in [5.74, 6) is 0.266. The van der Waals surface area contributed by atoms with Gasteiger partial charge in [-0.05, 0) is 55.3 Å². The molecular weight excluding hydrogens is 336 g/mol. The van der Waals surface area contributed by atoms with Crippen LogP contribution >= 0.6 is 0 Å². The Balaban J connectivity index is 1.96. The molecule has 0 aliphatic heterocycles. The third-order valence-corrected chi connectivity index (χ3v) is 4.12. The van der Waals surface area contributed by atoms with Crippen LogP contribution in [0.5, 0.6) is 5.75 Å². The Labute approximate surface area is 149 Å². The van der Waals surface area contributed by atoms with E-state index in [1.165, 1.54) is 6.07 Å². The zero-order valence-electron chi connectivity index (χ0n) is 14.5. The summed E-state index contributed by atoms with van der Waals surface area (Å²) in [6, 6.07) is 8.44. The number of carboxylic acid groups (broad SMARTS) is 1. The van der Waals surface area contributed by atoms with Crippen LogP contribution in [-0.4, -0.2) is 50.6 Å². The van der Waals surface area contributed by atoms with Gasteiger partial charge in [-0.2, -0.15) is 0 Å². The second-order valence-electron chi connectivity index (χ2n) is 6.20. The minimum Gasteiger partial charge on any atom is -0.491 e. The van der Waals surface area contributed by atoms with E-state index in [2.05, 4.69) is 9.97 Å². The van der Waals surface area contributed by atoms with Gasteiger partial charge in [0.05, 0.1) is 23.2 Å². The van der Waals surface area contributed by atoms with Gasteiger partial charge < -0.3 is 25.0 Å². The molecule has 26 heavy (non-hydrogen) atoms. The molecule has 0 amide bonds. The topological polar surface area (TPSA) is 116 Å². The Morgan fingerprint density at radius 1 is 1.23 bits per heavy atom. The molecule has 3 aromatic rings. The van der Waals surface area contributed by atoms with Crippen molar-refractivity contribution in [2.45, 2.75) is 20.0 Å². The highest BCUT2D eigenvalue weighted by Gasteiger charge is 2.14. The van der Waals surface area contributed by atoms with Gasteiger partial charge in [-0.3, -0.25) is 0 Å². The third-order valence-electron chi connectivity index (χ3n) is 4.12. The number of H-pyrrole nitrogens is 1. The van der Waals surface area contributed by atoms with Crippen LogP contribution in [0.3, 0.4) is 0 Å². The zero-order chi connectivity index (χ0) is 18.8. The summed E-state index contributed by atoms with van der Waals surface area (Å²) in [5.41, 5.74) is 4.31. The summed E-state index contributed by atoms with van der Waals surface area (Å²) >= 11 is 0. The van der Waals surface area contributed by atoms with E-state index in [-0.39, 0.29) is 18.8 Å². The third kappa shape index (κ3) is 3.54. The molecule has 1 heterocycles. The number of aromatic nitrogens is 2. The van der Waals surface area contributed by atoms with Crippen molar-refractivity contribution in [2.75, 3.05) is 13.2 Å². The van der Waals surface area contributed by atoms with Gasteiger partial charge in [0.2, 0.25) is 0 Å². The summed E-state index contributed by atoms with van der Waals surface area (Å²) in [5, 5.41) is 27.4. The lowest BCUT2D eigenvalue weighted by atomic mass is 10.0. The van der Waals surface area contributed by atoms with Crippen LogP contribution < -0.4 is 4.74 Å². The van der Waals surface area contributed by atoms with Crippen molar-refractivity contribution in [1.82, 2.24) is 9.97 Å². The predicted molar refractivity (Wildman–Crippen MR) is 96.6 cm³/mol. The van der Waals surface area contributed by atoms with Crippen molar-refractivity contribution in [3.05, 3.63) is 47.0 Å². The van der Waals surface area contributed by atoms with Gasteiger partial charge in [0, 0.05) is 5.56 Å². The number of rotatable bonds is 6. The standard InChI is InChI=1S/C19H20N2O5/c1-10-5-14(26-9-13(23)8-22)6-11(2)17(10)18-20-15-4-3-12(19(24)25)7-16(15)21-18/h3-7,13,22-23H,8-9H2,1-2H3,(H,20,21)(H,24,25). The van der Waals surface area contributed by atoms with Crippen LogP contribution in [0, 0.1) is 13.8 Å². The van der Waals surface area contributed by atoms with Crippen molar-refractivity contribution in [2.24, 2.45) is 0 Å². The predicted octanol–water partition coefficient (Wildman–Crippen LogP) is 2.28. The van der Waals surface area contributed by atoms with Crippen LogP contribution in [0.2, 0.25) is 0 Å². The van der Waals surface area contributed by atoms with Crippen LogP contribution in [0.4, 0.5) is 0 Å². The van der Waals surface area contributed by atoms with Crippen LogP contribution in [0.25, 0.3) is 22.4 Å². The number of nitrogens with zero attached hydrogens (tertiary/aromatic N) is 1. The molecule has 0 saturated heterocycles. The lowest BCUT2D eigenvalue weighted by Crippen LogP contribution is -2.21. The molecule has 1 unspecified atom stereocenters. The monoisotopic (exact) mass is 356 g/mol. The molecule has 2 aromatic carbocycles. The zero-order valence-corrected chi connectivity index (χ0v) is 14.5. The van der Waals surface area contributed by atoms with Crippen molar-refractivity contribution in [1.29, 1.82) is 0 Å². The average Bonchev–Trinajstić information content (AvgIpc) is 3.01. The number of carbonyl (C=O) groups is 1. The summed E-state index contributed by atoms with van der Waals surface area (Å²) in [6.45, 7) is 3.51. The van der Waals surface area contributed by atoms with Gasteiger partial charge in [-0.25, -0.2) is 9.78 Å². The van der Waals surface area contributed by atoms with Crippen molar-refractivity contribution in [3.63, 3.8) is 0 Å². The highest BCUT2D eigenvalue weighted by atomic mass is 16.5. The second kappa shape index (κ2) is 7.15. The minimum absolute atomic E-state index is 0.0112. The van der Waals surface area contributed by atoms with Crippen LogP contribution in [0.1, 0.15) is 21.5 Å². The lowest BCUT2D eigenvalue weighted by molar-refractivity contribution is 0.0536. The van der Waals surface area contributed by atoms with Gasteiger partial charge in [-0.15, -0.1) is 0 Å². The number of hydrogen-bond acceptors (Lipinski definition) is 5. The Morgan fingerprint density at radius 3 is 2.54 bits per heavy atom. The largest absolute Gasteiger partial charge is 0.491 e. The first-order valence-corrected chi connectivity index (χ1v) is 8.15. The van der Waals surface area contributed by atoms with E-state index in [1.54, 1.807) is 12.1 Å². The quantitative estimate of drug-likeness (QED) is 0.538. The Morgan fingerprint density at radius 2 is 1.92 bits per heavy atom. The fraction of sp³-hybridized carbons (Fsp3) is 0.263. The van der Waals surface area contributed by atoms with E-state index in [1.807, 2.05) is 26.0 Å². The fourth-order valence-corrected chi connectivity index (χ4v) is 2.89. The lowest BCUT2D eigenvalue weighted by Gasteiger charge is -2.13. The molecule has 7 nitrogen and oxygen atoms in total. The number of hydrogen-bond donors (Lipinski definition) is 4. The molecule has 4 N–H and O–H groups in total. The number of aliphatic hydroxyl groups excluding tert-OH is 2. The van der Waals surface area contributed by atoms with Crippen molar-refractivity contribution < 1.29 is 24.9 Å². The van der Waals surface area contributed by atoms with Gasteiger partial charge in [0.25, 0.3) is 0 Å². The SMILES string of the molecule is Cc1cc(OCC(O)CO)cc(C)c1-c1nc2ccc(C(=O)O)cc2[nH]1. The average molecular weight is 356 g/mol. The van der Waals surface area contributed by atoms with Gasteiger partial charge >= 0.3 is 5.97 Å². The summed E-state index contributed by atoms with van der Waals surface area (Å²) in [7, 11) is 0. The second-order valence-corrected chi connectivity index (χ2v) is 6.20. The Bertz CT molecular complexity index is 941. The van der Waals surface area contributed by atoms with E-state index < -0.39 is 12.1 Å². The summed E-state index contributed by atoms with van der Waals surface area (Å²) in [6.07, 6.45) is -0.922. The molecule has 0 saturated carbocycles. The normalized spacial score (nSPS) is 12.3. The highest BCUT2D eigenvalue weighted by molar-refractivity contribution is 5.93. The number of aromatic carboxylic acids is 1. The number of nitrogens with one attached hydrogen (secondary N) is 1. The number of carboxylic acids is 1. The molecule has 136 valence electrons. The van der Waals surface area contributed by atoms with E-state index in [0.717, 1.165) is 16.7 Å². The molecule has 3 rings (SSSR count). The summed E-state index contributed by atoms with van der Waals surface area (Å²) in [4.78, 5) is 18.9. The van der Waals surface area contributed by atoms with Gasteiger partial charge in [0.1, 0.15) is 24.3 Å². The van der Waals surface area contributed by atoms with Gasteiger partial charge in [0.15, 0.2) is 0 Å². The van der Waals surface area contributed by atoms with Crippen LogP contribution in [-0.2, 0) is 0 Å². The number of imidazole rings is 1. The van der Waals surface area contributed by atoms with Crippen molar-refractivity contribution >= 4 is 17.0 Å². The molecule has 7 heteroatoms. The molecular formula is C19H20N2O5. The van der Waals surface area contributed by atoms with E-state index >= 15 is 0 Å². The molecule has 0 radical (unpaired) electrons. The van der Waals surface area contributed by atoms with E-state index in [0.29, 0.717) is 22.6 Å².